The Balaban J connectivity index is 2.48. The largest absolute Gasteiger partial charge is 0.452 e. The average molecular weight is 302 g/mol. The molecule has 7 nitrogen and oxygen atoms in total. The van der Waals surface area contributed by atoms with Crippen LogP contribution in [-0.2, 0) is 9.53 Å². The Kier molecular flexibility index (Phi) is 6.05. The van der Waals surface area contributed by atoms with Crippen molar-refractivity contribution < 1.29 is 32.6 Å². The smallest absolute Gasteiger partial charge is 0.387 e. The van der Waals surface area contributed by atoms with Crippen LogP contribution in [0.15, 0.2) is 24.3 Å². The molecule has 0 aliphatic carbocycles. The molecule has 0 atom stereocenters. The summed E-state index contributed by atoms with van der Waals surface area (Å²) in [6.45, 7) is -3.61. The summed E-state index contributed by atoms with van der Waals surface area (Å²) in [7, 11) is 1.32. The summed E-state index contributed by atoms with van der Waals surface area (Å²) >= 11 is 0. The van der Waals surface area contributed by atoms with Crippen LogP contribution >= 0.6 is 0 Å². The summed E-state index contributed by atoms with van der Waals surface area (Å²) in [5.74, 6) is -1.76. The molecule has 0 bridgehead atoms. The molecule has 1 rings (SSSR count). The van der Waals surface area contributed by atoms with Crippen molar-refractivity contribution in [2.45, 2.75) is 6.61 Å². The molecule has 0 radical (unpaired) electrons. The predicted molar refractivity (Wildman–Crippen MR) is 66.0 cm³/mol. The molecule has 0 unspecified atom stereocenters. The summed E-state index contributed by atoms with van der Waals surface area (Å²) in [5, 5.41) is 4.05. The quantitative estimate of drug-likeness (QED) is 0.788. The van der Waals surface area contributed by atoms with Gasteiger partial charge in [0, 0.05) is 7.05 Å². The van der Waals surface area contributed by atoms with E-state index in [4.69, 9.17) is 0 Å². The van der Waals surface area contributed by atoms with Crippen LogP contribution in [0.4, 0.5) is 13.6 Å². The van der Waals surface area contributed by atoms with Gasteiger partial charge in [-0.05, 0) is 24.3 Å². The van der Waals surface area contributed by atoms with Crippen LogP contribution in [0.25, 0.3) is 0 Å². The number of ether oxygens (including phenoxy) is 2. The summed E-state index contributed by atoms with van der Waals surface area (Å²) < 4.78 is 32.6. The molecule has 0 heterocycles. The van der Waals surface area contributed by atoms with Crippen molar-refractivity contribution in [1.29, 1.82) is 0 Å². The molecule has 0 aliphatic rings. The van der Waals surface area contributed by atoms with Gasteiger partial charge in [-0.1, -0.05) is 0 Å². The van der Waals surface area contributed by atoms with E-state index in [2.05, 4.69) is 14.8 Å². The monoisotopic (exact) mass is 302 g/mol. The standard InChI is InChI=1S/C12H12F2N2O5/c1-15-12(19)16-9(17)6-20-10(18)7-2-4-8(5-3-7)21-11(13)14/h2-5,11H,6H2,1H3,(H2,15,16,17,19). The Morgan fingerprint density at radius 1 is 1.19 bits per heavy atom. The lowest BCUT2D eigenvalue weighted by molar-refractivity contribution is -0.123. The van der Waals surface area contributed by atoms with Crippen molar-refractivity contribution in [3.63, 3.8) is 0 Å². The minimum Gasteiger partial charge on any atom is -0.452 e. The Labute approximate surface area is 118 Å². The first-order valence-corrected chi connectivity index (χ1v) is 5.66. The van der Waals surface area contributed by atoms with Gasteiger partial charge in [-0.15, -0.1) is 0 Å². The molecule has 114 valence electrons. The summed E-state index contributed by atoms with van der Waals surface area (Å²) in [5.41, 5.74) is 0.0457. The van der Waals surface area contributed by atoms with Gasteiger partial charge in [0.05, 0.1) is 5.56 Å². The second-order valence-electron chi connectivity index (χ2n) is 3.61. The van der Waals surface area contributed by atoms with Gasteiger partial charge in [-0.25, -0.2) is 9.59 Å². The van der Waals surface area contributed by atoms with Gasteiger partial charge in [0.1, 0.15) is 5.75 Å². The van der Waals surface area contributed by atoms with Crippen LogP contribution in [-0.4, -0.2) is 38.2 Å². The molecule has 0 aliphatic heterocycles. The minimum atomic E-state index is -2.96. The summed E-state index contributed by atoms with van der Waals surface area (Å²) in [6.07, 6.45) is 0. The first-order chi connectivity index (χ1) is 9.92. The van der Waals surface area contributed by atoms with E-state index in [-0.39, 0.29) is 11.3 Å². The molecule has 0 saturated carbocycles. The fourth-order valence-electron chi connectivity index (χ4n) is 1.21. The molecule has 9 heteroatoms. The summed E-state index contributed by atoms with van der Waals surface area (Å²) in [4.78, 5) is 33.5. The SMILES string of the molecule is CNC(=O)NC(=O)COC(=O)c1ccc(OC(F)F)cc1. The third-order valence-corrected chi connectivity index (χ3v) is 2.13. The number of hydrogen-bond acceptors (Lipinski definition) is 5. The van der Waals surface area contributed by atoms with Crippen molar-refractivity contribution >= 4 is 17.9 Å². The zero-order chi connectivity index (χ0) is 15.8. The van der Waals surface area contributed by atoms with E-state index in [1.807, 2.05) is 5.32 Å². The number of imide groups is 1. The van der Waals surface area contributed by atoms with Crippen LogP contribution in [0.5, 0.6) is 5.75 Å². The van der Waals surface area contributed by atoms with Crippen molar-refractivity contribution in [1.82, 2.24) is 10.6 Å². The lowest BCUT2D eigenvalue weighted by Gasteiger charge is -2.07. The van der Waals surface area contributed by atoms with Gasteiger partial charge in [0.2, 0.25) is 0 Å². The molecular weight excluding hydrogens is 290 g/mol. The van der Waals surface area contributed by atoms with Crippen molar-refractivity contribution in [2.75, 3.05) is 13.7 Å². The van der Waals surface area contributed by atoms with Crippen molar-refractivity contribution in [3.05, 3.63) is 29.8 Å². The molecule has 0 aromatic heterocycles. The number of nitrogens with one attached hydrogen (secondary N) is 2. The zero-order valence-electron chi connectivity index (χ0n) is 10.9. The number of benzene rings is 1. The Morgan fingerprint density at radius 3 is 2.33 bits per heavy atom. The highest BCUT2D eigenvalue weighted by atomic mass is 19.3. The number of rotatable bonds is 5. The highest BCUT2D eigenvalue weighted by Gasteiger charge is 2.12. The van der Waals surface area contributed by atoms with Gasteiger partial charge in [0.15, 0.2) is 6.61 Å². The molecule has 21 heavy (non-hydrogen) atoms. The van der Waals surface area contributed by atoms with Crippen LogP contribution in [0.3, 0.4) is 0 Å². The molecule has 0 fully saturated rings. The molecule has 1 aromatic rings. The maximum absolute atomic E-state index is 11.9. The molecule has 0 spiro atoms. The van der Waals surface area contributed by atoms with Crippen LogP contribution in [0, 0.1) is 0 Å². The lowest BCUT2D eigenvalue weighted by Crippen LogP contribution is -2.39. The van der Waals surface area contributed by atoms with Gasteiger partial charge in [-0.3, -0.25) is 10.1 Å². The summed E-state index contributed by atoms with van der Waals surface area (Å²) in [6, 6.07) is 4.00. The Morgan fingerprint density at radius 2 is 1.81 bits per heavy atom. The highest BCUT2D eigenvalue weighted by Crippen LogP contribution is 2.15. The molecule has 3 amide bonds. The number of carbonyl (C=O) groups excluding carboxylic acids is 3. The molecule has 1 aromatic carbocycles. The first-order valence-electron chi connectivity index (χ1n) is 5.66. The average Bonchev–Trinajstić information content (AvgIpc) is 2.44. The molecule has 2 N–H and O–H groups in total. The van der Waals surface area contributed by atoms with Gasteiger partial charge in [-0.2, -0.15) is 8.78 Å². The van der Waals surface area contributed by atoms with E-state index in [0.29, 0.717) is 0 Å². The number of carbonyl (C=O) groups is 3. The first kappa shape index (κ1) is 16.3. The van der Waals surface area contributed by atoms with E-state index in [1.165, 1.54) is 19.2 Å². The van der Waals surface area contributed by atoms with Gasteiger partial charge >= 0.3 is 18.6 Å². The predicted octanol–water partition coefficient (Wildman–Crippen LogP) is 0.900. The molecular formula is C12H12F2N2O5. The Hall–Kier alpha value is -2.71. The number of urea groups is 1. The fourth-order valence-corrected chi connectivity index (χ4v) is 1.21. The maximum atomic E-state index is 11.9. The highest BCUT2D eigenvalue weighted by molar-refractivity contribution is 5.96. The van der Waals surface area contributed by atoms with E-state index in [1.54, 1.807) is 0 Å². The third kappa shape index (κ3) is 5.85. The van der Waals surface area contributed by atoms with E-state index in [0.717, 1.165) is 12.1 Å². The second kappa shape index (κ2) is 7.78. The number of hydrogen-bond donors (Lipinski definition) is 2. The zero-order valence-corrected chi connectivity index (χ0v) is 10.9. The van der Waals surface area contributed by atoms with Crippen LogP contribution < -0.4 is 15.4 Å². The van der Waals surface area contributed by atoms with Crippen molar-refractivity contribution in [2.24, 2.45) is 0 Å². The molecule has 0 saturated heterocycles. The fraction of sp³-hybridized carbons (Fsp3) is 0.250. The van der Waals surface area contributed by atoms with Gasteiger partial charge in [0.25, 0.3) is 5.91 Å². The number of halogens is 2. The third-order valence-electron chi connectivity index (χ3n) is 2.13. The maximum Gasteiger partial charge on any atom is 0.387 e. The normalized spacial score (nSPS) is 9.90. The Bertz CT molecular complexity index is 519. The van der Waals surface area contributed by atoms with E-state index < -0.39 is 31.1 Å². The number of amides is 3. The van der Waals surface area contributed by atoms with Crippen LogP contribution in [0.1, 0.15) is 10.4 Å². The van der Waals surface area contributed by atoms with E-state index in [9.17, 15) is 23.2 Å². The van der Waals surface area contributed by atoms with E-state index >= 15 is 0 Å². The lowest BCUT2D eigenvalue weighted by atomic mass is 10.2. The van der Waals surface area contributed by atoms with Gasteiger partial charge < -0.3 is 14.8 Å². The topological polar surface area (TPSA) is 93.7 Å². The van der Waals surface area contributed by atoms with Crippen LogP contribution in [0.2, 0.25) is 0 Å². The number of alkyl halides is 2. The number of esters is 1. The second-order valence-corrected chi connectivity index (χ2v) is 3.61. The minimum absolute atomic E-state index is 0.0457. The van der Waals surface area contributed by atoms with Crippen molar-refractivity contribution in [3.8, 4) is 5.75 Å².